The second-order valence-electron chi connectivity index (χ2n) is 5.33. The number of carboxylic acid groups (broad SMARTS) is 1. The zero-order chi connectivity index (χ0) is 15.1. The Morgan fingerprint density at radius 2 is 1.95 bits per heavy atom. The van der Waals surface area contributed by atoms with Gasteiger partial charge in [0.15, 0.2) is 0 Å². The Morgan fingerprint density at radius 3 is 2.60 bits per heavy atom. The highest BCUT2D eigenvalue weighted by Gasteiger charge is 2.05. The van der Waals surface area contributed by atoms with E-state index < -0.39 is 5.97 Å². The molecule has 1 N–H and O–H groups in total. The first kappa shape index (κ1) is 18.8. The van der Waals surface area contributed by atoms with Gasteiger partial charge in [-0.15, -0.1) is 12.5 Å². The highest BCUT2D eigenvalue weighted by Crippen LogP contribution is 2.16. The predicted molar refractivity (Wildman–Crippen MR) is 85.6 cm³/mol. The molecule has 0 aromatic rings. The Balaban J connectivity index is 3.98. The minimum absolute atomic E-state index is 0.281. The number of aliphatic carboxylic acids is 1. The molecule has 0 saturated carbocycles. The zero-order valence-electron chi connectivity index (χ0n) is 13.0. The molecule has 0 aromatic heterocycles. The maximum atomic E-state index is 10.5. The van der Waals surface area contributed by atoms with E-state index in [1.54, 1.807) is 0 Å². The molecule has 0 spiro atoms. The second-order valence-corrected chi connectivity index (χ2v) is 5.33. The van der Waals surface area contributed by atoms with Crippen LogP contribution in [0.5, 0.6) is 0 Å². The lowest BCUT2D eigenvalue weighted by Gasteiger charge is -2.09. The van der Waals surface area contributed by atoms with Crippen LogP contribution in [0.2, 0.25) is 0 Å². The maximum Gasteiger partial charge on any atom is 0.303 e. The number of allylic oxidation sites excluding steroid dienone is 1. The Kier molecular flexibility index (Phi) is 13.3. The van der Waals surface area contributed by atoms with Crippen LogP contribution in [-0.2, 0) is 4.79 Å². The van der Waals surface area contributed by atoms with Gasteiger partial charge >= 0.3 is 5.97 Å². The van der Waals surface area contributed by atoms with Crippen molar-refractivity contribution in [3.05, 3.63) is 12.7 Å². The minimum Gasteiger partial charge on any atom is -0.481 e. The van der Waals surface area contributed by atoms with Crippen LogP contribution >= 0.6 is 0 Å². The van der Waals surface area contributed by atoms with Crippen molar-refractivity contribution in [3.63, 3.8) is 0 Å². The van der Waals surface area contributed by atoms with Gasteiger partial charge < -0.3 is 5.11 Å². The minimum atomic E-state index is -0.696. The molecule has 0 heterocycles. The van der Waals surface area contributed by atoms with Gasteiger partial charge in [0.2, 0.25) is 0 Å². The lowest BCUT2D eigenvalue weighted by atomic mass is 9.95. The summed E-state index contributed by atoms with van der Waals surface area (Å²) in [6, 6.07) is 0. The highest BCUT2D eigenvalue weighted by atomic mass is 16.4. The molecule has 2 heteroatoms. The van der Waals surface area contributed by atoms with Gasteiger partial charge in [0.25, 0.3) is 0 Å². The summed E-state index contributed by atoms with van der Waals surface area (Å²) in [5.41, 5.74) is 0. The first-order valence-electron chi connectivity index (χ1n) is 8.01. The summed E-state index contributed by atoms with van der Waals surface area (Å²) in [4.78, 5) is 10.5. The van der Waals surface area contributed by atoms with Gasteiger partial charge in [-0.05, 0) is 38.5 Å². The quantitative estimate of drug-likeness (QED) is 0.303. The maximum absolute atomic E-state index is 10.5. The molecular weight excluding hydrogens is 248 g/mol. The molecule has 0 rings (SSSR count). The number of carbonyl (C=O) groups is 1. The van der Waals surface area contributed by atoms with Crippen molar-refractivity contribution in [2.24, 2.45) is 5.92 Å². The molecule has 20 heavy (non-hydrogen) atoms. The van der Waals surface area contributed by atoms with E-state index in [-0.39, 0.29) is 6.42 Å². The molecular formula is C18H30O2. The molecule has 0 aliphatic heterocycles. The Hall–Kier alpha value is -1.23. The largest absolute Gasteiger partial charge is 0.481 e. The van der Waals surface area contributed by atoms with Gasteiger partial charge in [-0.25, -0.2) is 0 Å². The molecule has 1 atom stereocenters. The van der Waals surface area contributed by atoms with Crippen LogP contribution < -0.4 is 0 Å². The SMILES string of the molecule is C=CCCCC(C#CCCCCC)CCCCC(=O)O. The molecule has 0 amide bonds. The molecule has 0 bridgehead atoms. The Morgan fingerprint density at radius 1 is 1.20 bits per heavy atom. The first-order chi connectivity index (χ1) is 9.70. The van der Waals surface area contributed by atoms with Gasteiger partial charge in [-0.1, -0.05) is 38.2 Å². The number of rotatable bonds is 12. The fourth-order valence-corrected chi connectivity index (χ4v) is 2.14. The highest BCUT2D eigenvalue weighted by molar-refractivity contribution is 5.66. The van der Waals surface area contributed by atoms with Crippen LogP contribution in [0, 0.1) is 17.8 Å². The van der Waals surface area contributed by atoms with Crippen molar-refractivity contribution < 1.29 is 9.90 Å². The smallest absolute Gasteiger partial charge is 0.303 e. The van der Waals surface area contributed by atoms with E-state index >= 15 is 0 Å². The standard InChI is InChI=1S/C18H30O2/c1-3-5-7-8-10-14-17(13-9-6-4-2)15-11-12-16-18(19)20/h4,17H,2-3,5-9,11-13,15-16H2,1H3,(H,19,20). The van der Waals surface area contributed by atoms with Gasteiger partial charge in [-0.2, -0.15) is 0 Å². The molecule has 0 fully saturated rings. The van der Waals surface area contributed by atoms with Crippen molar-refractivity contribution in [1.29, 1.82) is 0 Å². The average Bonchev–Trinajstić information content (AvgIpc) is 2.42. The Labute approximate surface area is 124 Å². The lowest BCUT2D eigenvalue weighted by Crippen LogP contribution is -1.99. The van der Waals surface area contributed by atoms with Crippen LogP contribution in [0.4, 0.5) is 0 Å². The zero-order valence-corrected chi connectivity index (χ0v) is 13.0. The van der Waals surface area contributed by atoms with Crippen LogP contribution in [0.1, 0.15) is 77.6 Å². The number of hydrogen-bond donors (Lipinski definition) is 1. The van der Waals surface area contributed by atoms with Gasteiger partial charge in [-0.3, -0.25) is 4.79 Å². The van der Waals surface area contributed by atoms with E-state index in [0.717, 1.165) is 44.9 Å². The monoisotopic (exact) mass is 278 g/mol. The fourth-order valence-electron chi connectivity index (χ4n) is 2.14. The van der Waals surface area contributed by atoms with Crippen LogP contribution in [-0.4, -0.2) is 11.1 Å². The van der Waals surface area contributed by atoms with Gasteiger partial charge in [0.1, 0.15) is 0 Å². The third-order valence-corrected chi connectivity index (χ3v) is 3.37. The first-order valence-corrected chi connectivity index (χ1v) is 8.01. The van der Waals surface area contributed by atoms with Crippen LogP contribution in [0.15, 0.2) is 12.7 Å². The van der Waals surface area contributed by atoms with Gasteiger partial charge in [0.05, 0.1) is 0 Å². The van der Waals surface area contributed by atoms with E-state index in [1.165, 1.54) is 19.3 Å². The van der Waals surface area contributed by atoms with E-state index in [9.17, 15) is 4.79 Å². The number of unbranched alkanes of at least 4 members (excludes halogenated alkanes) is 5. The fraction of sp³-hybridized carbons (Fsp3) is 0.722. The van der Waals surface area contributed by atoms with Crippen LogP contribution in [0.3, 0.4) is 0 Å². The molecule has 2 nitrogen and oxygen atoms in total. The van der Waals surface area contributed by atoms with Crippen molar-refractivity contribution in [2.45, 2.75) is 77.6 Å². The molecule has 0 aliphatic rings. The Bertz CT molecular complexity index is 309. The molecule has 0 radical (unpaired) electrons. The van der Waals surface area contributed by atoms with Crippen LogP contribution in [0.25, 0.3) is 0 Å². The normalized spacial score (nSPS) is 11.4. The average molecular weight is 278 g/mol. The van der Waals surface area contributed by atoms with Crippen molar-refractivity contribution in [3.8, 4) is 11.8 Å². The van der Waals surface area contributed by atoms with E-state index in [1.807, 2.05) is 6.08 Å². The number of carboxylic acids is 1. The third-order valence-electron chi connectivity index (χ3n) is 3.37. The summed E-state index contributed by atoms with van der Waals surface area (Å²) in [6.45, 7) is 5.95. The lowest BCUT2D eigenvalue weighted by molar-refractivity contribution is -0.137. The summed E-state index contributed by atoms with van der Waals surface area (Å²) in [7, 11) is 0. The molecule has 0 aromatic carbocycles. The van der Waals surface area contributed by atoms with Crippen molar-refractivity contribution in [2.75, 3.05) is 0 Å². The summed E-state index contributed by atoms with van der Waals surface area (Å²) >= 11 is 0. The summed E-state index contributed by atoms with van der Waals surface area (Å²) in [6.07, 6.45) is 13.0. The van der Waals surface area contributed by atoms with Gasteiger partial charge in [0, 0.05) is 18.8 Å². The summed E-state index contributed by atoms with van der Waals surface area (Å²) in [5.74, 6) is 6.44. The number of hydrogen-bond acceptors (Lipinski definition) is 1. The predicted octanol–water partition coefficient (Wildman–Crippen LogP) is 5.19. The summed E-state index contributed by atoms with van der Waals surface area (Å²) in [5, 5.41) is 8.64. The van der Waals surface area contributed by atoms with E-state index in [2.05, 4.69) is 25.3 Å². The topological polar surface area (TPSA) is 37.3 Å². The van der Waals surface area contributed by atoms with Crippen molar-refractivity contribution >= 4 is 5.97 Å². The molecule has 114 valence electrons. The second kappa shape index (κ2) is 14.2. The summed E-state index contributed by atoms with van der Waals surface area (Å²) < 4.78 is 0. The van der Waals surface area contributed by atoms with Crippen molar-refractivity contribution in [1.82, 2.24) is 0 Å². The van der Waals surface area contributed by atoms with E-state index in [4.69, 9.17) is 5.11 Å². The molecule has 1 unspecified atom stereocenters. The molecule has 0 aliphatic carbocycles. The molecule has 0 saturated heterocycles. The third kappa shape index (κ3) is 13.2. The van der Waals surface area contributed by atoms with E-state index in [0.29, 0.717) is 5.92 Å².